The van der Waals surface area contributed by atoms with Crippen LogP contribution in [0.4, 0.5) is 0 Å². The molecule has 0 atom stereocenters. The van der Waals surface area contributed by atoms with Gasteiger partial charge in [-0.25, -0.2) is 4.98 Å². The second kappa shape index (κ2) is 4.59. The largest absolute Gasteiger partial charge is 0.485 e. The number of aromatic nitrogens is 2. The summed E-state index contributed by atoms with van der Waals surface area (Å²) in [5.41, 5.74) is 1.83. The molecule has 4 rings (SSSR count). The summed E-state index contributed by atoms with van der Waals surface area (Å²) >= 11 is 4.88. The fraction of sp³-hybridized carbons (Fsp3) is 0.167. The third kappa shape index (κ3) is 1.85. The van der Waals surface area contributed by atoms with Gasteiger partial charge < -0.3 is 9.47 Å². The summed E-state index contributed by atoms with van der Waals surface area (Å²) in [5.74, 6) is 1.67. The minimum Gasteiger partial charge on any atom is -0.485 e. The van der Waals surface area contributed by atoms with Crippen LogP contribution in [0.5, 0.6) is 11.5 Å². The van der Waals surface area contributed by atoms with Gasteiger partial charge in [0, 0.05) is 17.8 Å². The van der Waals surface area contributed by atoms with Gasteiger partial charge in [0.15, 0.2) is 11.5 Å². The topological polar surface area (TPSA) is 44.2 Å². The fourth-order valence-electron chi connectivity index (χ4n) is 1.92. The SMILES string of the molecule is c1csc(-c2sc(-c3cncs3)c3c2OCCO3)n1. The van der Waals surface area contributed by atoms with Crippen molar-refractivity contribution in [1.82, 2.24) is 9.97 Å². The quantitative estimate of drug-likeness (QED) is 0.723. The van der Waals surface area contributed by atoms with Crippen molar-refractivity contribution >= 4 is 34.0 Å². The summed E-state index contributed by atoms with van der Waals surface area (Å²) in [4.78, 5) is 11.7. The Morgan fingerprint density at radius 1 is 1.05 bits per heavy atom. The van der Waals surface area contributed by atoms with E-state index < -0.39 is 0 Å². The molecule has 4 nitrogen and oxygen atoms in total. The third-order valence-electron chi connectivity index (χ3n) is 2.68. The average molecular weight is 308 g/mol. The first-order valence-electron chi connectivity index (χ1n) is 5.64. The molecule has 0 amide bonds. The highest BCUT2D eigenvalue weighted by Gasteiger charge is 2.27. The monoisotopic (exact) mass is 308 g/mol. The van der Waals surface area contributed by atoms with Gasteiger partial charge in [-0.2, -0.15) is 0 Å². The van der Waals surface area contributed by atoms with Gasteiger partial charge >= 0.3 is 0 Å². The van der Waals surface area contributed by atoms with E-state index in [4.69, 9.17) is 9.47 Å². The number of fused-ring (bicyclic) bond motifs is 1. The number of nitrogens with zero attached hydrogens (tertiary/aromatic N) is 2. The second-order valence-corrected chi connectivity index (χ2v) is 6.62. The van der Waals surface area contributed by atoms with E-state index in [-0.39, 0.29) is 0 Å². The summed E-state index contributed by atoms with van der Waals surface area (Å²) in [7, 11) is 0. The molecule has 0 fully saturated rings. The van der Waals surface area contributed by atoms with Crippen molar-refractivity contribution in [3.05, 3.63) is 23.3 Å². The van der Waals surface area contributed by atoms with Gasteiger partial charge in [0.05, 0.1) is 15.3 Å². The Balaban J connectivity index is 1.93. The molecule has 3 aromatic heterocycles. The molecule has 1 aliphatic heterocycles. The summed E-state index contributed by atoms with van der Waals surface area (Å²) in [6.07, 6.45) is 3.67. The van der Waals surface area contributed by atoms with Crippen LogP contribution in [0.2, 0.25) is 0 Å². The minimum absolute atomic E-state index is 0.588. The molecule has 0 aromatic carbocycles. The van der Waals surface area contributed by atoms with Crippen LogP contribution in [0.3, 0.4) is 0 Å². The maximum atomic E-state index is 5.80. The van der Waals surface area contributed by atoms with Gasteiger partial charge in [-0.05, 0) is 0 Å². The average Bonchev–Trinajstić information content (AvgIpc) is 3.18. The first-order chi connectivity index (χ1) is 9.43. The summed E-state index contributed by atoms with van der Waals surface area (Å²) in [6, 6.07) is 0. The maximum absolute atomic E-state index is 5.80. The van der Waals surface area contributed by atoms with Crippen molar-refractivity contribution in [3.8, 4) is 31.1 Å². The van der Waals surface area contributed by atoms with Crippen LogP contribution in [-0.4, -0.2) is 23.2 Å². The molecule has 1 aliphatic rings. The Labute approximate surface area is 121 Å². The molecule has 4 heterocycles. The van der Waals surface area contributed by atoms with Crippen LogP contribution in [0.1, 0.15) is 0 Å². The van der Waals surface area contributed by atoms with Crippen molar-refractivity contribution in [2.24, 2.45) is 0 Å². The van der Waals surface area contributed by atoms with Crippen molar-refractivity contribution in [1.29, 1.82) is 0 Å². The zero-order valence-electron chi connectivity index (χ0n) is 9.66. The summed E-state index contributed by atoms with van der Waals surface area (Å²) in [5, 5.41) is 2.94. The standard InChI is InChI=1S/C12H8N2O2S3/c1-4-17-12(14-1)11-9-8(15-2-3-16-9)10(19-11)7-5-13-6-18-7/h1,4-6H,2-3H2. The Hall–Kier alpha value is -1.44. The highest BCUT2D eigenvalue weighted by Crippen LogP contribution is 2.54. The van der Waals surface area contributed by atoms with Gasteiger partial charge in [-0.15, -0.1) is 34.0 Å². The predicted octanol–water partition coefficient (Wildman–Crippen LogP) is 3.77. The molecule has 3 aromatic rings. The first kappa shape index (κ1) is 11.4. The van der Waals surface area contributed by atoms with Crippen molar-refractivity contribution in [3.63, 3.8) is 0 Å². The van der Waals surface area contributed by atoms with Gasteiger partial charge in [0.25, 0.3) is 0 Å². The molecule has 0 saturated heterocycles. The van der Waals surface area contributed by atoms with Gasteiger partial charge in [0.1, 0.15) is 23.1 Å². The molecule has 7 heteroatoms. The van der Waals surface area contributed by atoms with E-state index in [1.807, 2.05) is 23.3 Å². The van der Waals surface area contributed by atoms with Gasteiger partial charge in [-0.3, -0.25) is 4.98 Å². The molecule has 0 spiro atoms. The minimum atomic E-state index is 0.588. The molecular formula is C12H8N2O2S3. The molecule has 0 aliphatic carbocycles. The maximum Gasteiger partial charge on any atom is 0.183 e. The van der Waals surface area contributed by atoms with Crippen LogP contribution in [-0.2, 0) is 0 Å². The molecule has 96 valence electrons. The molecule has 0 N–H and O–H groups in total. The molecule has 0 bridgehead atoms. The number of thiazole rings is 2. The Morgan fingerprint density at radius 2 is 1.89 bits per heavy atom. The van der Waals surface area contributed by atoms with Crippen LogP contribution >= 0.6 is 34.0 Å². The molecule has 0 radical (unpaired) electrons. The lowest BCUT2D eigenvalue weighted by atomic mass is 10.3. The lowest BCUT2D eigenvalue weighted by molar-refractivity contribution is 0.175. The second-order valence-electron chi connectivity index (χ2n) is 3.82. The summed E-state index contributed by atoms with van der Waals surface area (Å²) < 4.78 is 11.6. The lowest BCUT2D eigenvalue weighted by Gasteiger charge is -2.16. The van der Waals surface area contributed by atoms with Crippen LogP contribution in [0, 0.1) is 0 Å². The van der Waals surface area contributed by atoms with E-state index in [9.17, 15) is 0 Å². The zero-order chi connectivity index (χ0) is 12.7. The molecule has 0 saturated carbocycles. The van der Waals surface area contributed by atoms with Crippen LogP contribution in [0.25, 0.3) is 19.6 Å². The van der Waals surface area contributed by atoms with Gasteiger partial charge in [0.2, 0.25) is 0 Å². The van der Waals surface area contributed by atoms with Crippen molar-refractivity contribution in [2.45, 2.75) is 0 Å². The highest BCUT2D eigenvalue weighted by molar-refractivity contribution is 7.26. The third-order valence-corrected chi connectivity index (χ3v) is 5.71. The van der Waals surface area contributed by atoms with Crippen molar-refractivity contribution < 1.29 is 9.47 Å². The number of hydrogen-bond donors (Lipinski definition) is 0. The Morgan fingerprint density at radius 3 is 2.58 bits per heavy atom. The zero-order valence-corrected chi connectivity index (χ0v) is 12.1. The van der Waals surface area contributed by atoms with E-state index in [0.717, 1.165) is 31.1 Å². The molecular weight excluding hydrogens is 300 g/mol. The van der Waals surface area contributed by atoms with E-state index in [2.05, 4.69) is 9.97 Å². The smallest absolute Gasteiger partial charge is 0.183 e. The fourth-order valence-corrected chi connectivity index (χ4v) is 4.57. The van der Waals surface area contributed by atoms with Crippen LogP contribution < -0.4 is 9.47 Å². The molecule has 0 unspecified atom stereocenters. The summed E-state index contributed by atoms with van der Waals surface area (Å²) in [6.45, 7) is 1.18. The van der Waals surface area contributed by atoms with Gasteiger partial charge in [-0.1, -0.05) is 0 Å². The Kier molecular flexibility index (Phi) is 2.75. The van der Waals surface area contributed by atoms with Crippen LogP contribution in [0.15, 0.2) is 23.3 Å². The normalized spacial score (nSPS) is 13.7. The highest BCUT2D eigenvalue weighted by atomic mass is 32.1. The Bertz CT molecular complexity index is 630. The predicted molar refractivity (Wildman–Crippen MR) is 77.5 cm³/mol. The molecule has 19 heavy (non-hydrogen) atoms. The lowest BCUT2D eigenvalue weighted by Crippen LogP contribution is -2.14. The van der Waals surface area contributed by atoms with E-state index >= 15 is 0 Å². The number of rotatable bonds is 2. The number of thiophene rings is 1. The number of hydrogen-bond acceptors (Lipinski definition) is 7. The van der Waals surface area contributed by atoms with E-state index in [0.29, 0.717) is 13.2 Å². The number of ether oxygens (including phenoxy) is 2. The van der Waals surface area contributed by atoms with E-state index in [1.54, 1.807) is 34.0 Å². The van der Waals surface area contributed by atoms with E-state index in [1.165, 1.54) is 0 Å². The van der Waals surface area contributed by atoms with Crippen molar-refractivity contribution in [2.75, 3.05) is 13.2 Å². The first-order valence-corrected chi connectivity index (χ1v) is 8.22.